The molecule has 0 bridgehead atoms. The Morgan fingerprint density at radius 3 is 2.60 bits per heavy atom. The molecule has 2 rings (SSSR count). The van der Waals surface area contributed by atoms with E-state index in [4.69, 9.17) is 9.84 Å². The Labute approximate surface area is 116 Å². The molecule has 0 saturated carbocycles. The van der Waals surface area contributed by atoms with Gasteiger partial charge in [0.1, 0.15) is 5.75 Å². The summed E-state index contributed by atoms with van der Waals surface area (Å²) in [6, 6.07) is 6.12. The van der Waals surface area contributed by atoms with Crippen LogP contribution in [0.15, 0.2) is 24.3 Å². The predicted octanol–water partition coefficient (Wildman–Crippen LogP) is 2.49. The van der Waals surface area contributed by atoms with Crippen LogP contribution in [0, 0.1) is 0 Å². The van der Waals surface area contributed by atoms with E-state index >= 15 is 0 Å². The number of alkyl halides is 2. The number of carboxylic acid groups (broad SMARTS) is 1. The highest BCUT2D eigenvalue weighted by Gasteiger charge is 2.37. The Hall–Kier alpha value is -1.69. The molecule has 1 saturated heterocycles. The molecule has 0 spiro atoms. The van der Waals surface area contributed by atoms with Gasteiger partial charge >= 0.3 is 5.97 Å². The van der Waals surface area contributed by atoms with Crippen molar-refractivity contribution < 1.29 is 23.4 Å². The van der Waals surface area contributed by atoms with Gasteiger partial charge in [0.05, 0.1) is 18.7 Å². The first-order valence-corrected chi connectivity index (χ1v) is 6.53. The third-order valence-corrected chi connectivity index (χ3v) is 3.24. The average Bonchev–Trinajstić information content (AvgIpc) is 2.75. The molecule has 1 N–H and O–H groups in total. The predicted molar refractivity (Wildman–Crippen MR) is 69.5 cm³/mol. The van der Waals surface area contributed by atoms with Gasteiger partial charge < -0.3 is 9.84 Å². The maximum Gasteiger partial charge on any atom is 0.335 e. The van der Waals surface area contributed by atoms with E-state index in [9.17, 15) is 13.6 Å². The molecular formula is C14H17F2NO3. The Morgan fingerprint density at radius 2 is 2.05 bits per heavy atom. The number of ether oxygens (including phenoxy) is 1. The van der Waals surface area contributed by atoms with Gasteiger partial charge in [-0.1, -0.05) is 0 Å². The van der Waals surface area contributed by atoms with E-state index in [2.05, 4.69) is 0 Å². The van der Waals surface area contributed by atoms with Crippen LogP contribution in [0.25, 0.3) is 0 Å². The fourth-order valence-corrected chi connectivity index (χ4v) is 2.17. The van der Waals surface area contributed by atoms with Crippen molar-refractivity contribution >= 4 is 5.97 Å². The molecule has 1 aromatic rings. The van der Waals surface area contributed by atoms with Crippen LogP contribution in [0.1, 0.15) is 23.2 Å². The van der Waals surface area contributed by atoms with E-state index in [-0.39, 0.29) is 18.5 Å². The van der Waals surface area contributed by atoms with E-state index in [0.717, 1.165) is 0 Å². The highest BCUT2D eigenvalue weighted by molar-refractivity contribution is 5.87. The van der Waals surface area contributed by atoms with Gasteiger partial charge in [0.15, 0.2) is 0 Å². The number of carboxylic acids is 1. The number of aromatic carboxylic acids is 1. The molecule has 0 aromatic heterocycles. The summed E-state index contributed by atoms with van der Waals surface area (Å²) in [6.07, 6.45) is 0.598. The van der Waals surface area contributed by atoms with Crippen LogP contribution in [-0.4, -0.2) is 48.1 Å². The summed E-state index contributed by atoms with van der Waals surface area (Å²) in [5.41, 5.74) is 0.205. The zero-order valence-electron chi connectivity index (χ0n) is 11.0. The molecule has 1 heterocycles. The van der Waals surface area contributed by atoms with Crippen LogP contribution in [0.3, 0.4) is 0 Å². The Bertz CT molecular complexity index is 462. The highest BCUT2D eigenvalue weighted by Crippen LogP contribution is 2.26. The second-order valence-electron chi connectivity index (χ2n) is 4.91. The largest absolute Gasteiger partial charge is 0.494 e. The van der Waals surface area contributed by atoms with Crippen molar-refractivity contribution in [2.24, 2.45) is 0 Å². The van der Waals surface area contributed by atoms with Crippen molar-refractivity contribution in [1.29, 1.82) is 0 Å². The molecule has 1 aromatic carbocycles. The topological polar surface area (TPSA) is 49.8 Å². The molecule has 20 heavy (non-hydrogen) atoms. The summed E-state index contributed by atoms with van der Waals surface area (Å²) in [4.78, 5) is 12.4. The Kier molecular flexibility index (Phi) is 4.54. The first kappa shape index (κ1) is 14.7. The van der Waals surface area contributed by atoms with Crippen molar-refractivity contribution in [3.8, 4) is 5.75 Å². The van der Waals surface area contributed by atoms with Crippen LogP contribution in [0.4, 0.5) is 8.78 Å². The average molecular weight is 285 g/mol. The molecule has 1 fully saturated rings. The van der Waals surface area contributed by atoms with Crippen LogP contribution in [0.2, 0.25) is 0 Å². The van der Waals surface area contributed by atoms with Crippen LogP contribution in [-0.2, 0) is 0 Å². The number of rotatable bonds is 6. The summed E-state index contributed by atoms with van der Waals surface area (Å²) >= 11 is 0. The standard InChI is InChI=1S/C14H17F2NO3/c15-14(16)6-8-17(10-14)7-1-9-20-12-4-2-11(3-5-12)13(18)19/h2-5H,1,6-10H2,(H,18,19). The lowest BCUT2D eigenvalue weighted by molar-refractivity contribution is 0.0118. The van der Waals surface area contributed by atoms with Gasteiger partial charge in [-0.05, 0) is 30.7 Å². The lowest BCUT2D eigenvalue weighted by Crippen LogP contribution is -2.27. The smallest absolute Gasteiger partial charge is 0.335 e. The summed E-state index contributed by atoms with van der Waals surface area (Å²) in [5, 5.41) is 8.75. The summed E-state index contributed by atoms with van der Waals surface area (Å²) in [7, 11) is 0. The van der Waals surface area contributed by atoms with E-state index in [1.165, 1.54) is 12.1 Å². The molecule has 110 valence electrons. The van der Waals surface area contributed by atoms with Crippen LogP contribution >= 0.6 is 0 Å². The van der Waals surface area contributed by atoms with Gasteiger partial charge in [-0.3, -0.25) is 4.90 Å². The third kappa shape index (κ3) is 4.16. The molecule has 4 nitrogen and oxygen atoms in total. The lowest BCUT2D eigenvalue weighted by atomic mass is 10.2. The van der Waals surface area contributed by atoms with E-state index in [1.54, 1.807) is 17.0 Å². The van der Waals surface area contributed by atoms with Crippen molar-refractivity contribution in [3.05, 3.63) is 29.8 Å². The van der Waals surface area contributed by atoms with Crippen LogP contribution in [0.5, 0.6) is 5.75 Å². The minimum atomic E-state index is -2.55. The molecule has 0 unspecified atom stereocenters. The SMILES string of the molecule is O=C(O)c1ccc(OCCCN2CCC(F)(F)C2)cc1. The first-order chi connectivity index (χ1) is 9.46. The molecule has 0 amide bonds. The molecular weight excluding hydrogens is 268 g/mol. The minimum absolute atomic E-state index is 0.0650. The van der Waals surface area contributed by atoms with Gasteiger partial charge in [0, 0.05) is 19.5 Å². The van der Waals surface area contributed by atoms with Gasteiger partial charge in [-0.2, -0.15) is 0 Å². The lowest BCUT2D eigenvalue weighted by Gasteiger charge is -2.15. The Balaban J connectivity index is 1.67. The number of nitrogens with zero attached hydrogens (tertiary/aromatic N) is 1. The van der Waals surface area contributed by atoms with Gasteiger partial charge in [-0.25, -0.2) is 13.6 Å². The van der Waals surface area contributed by atoms with Crippen LogP contribution < -0.4 is 4.74 Å². The molecule has 0 aliphatic carbocycles. The first-order valence-electron chi connectivity index (χ1n) is 6.53. The highest BCUT2D eigenvalue weighted by atomic mass is 19.3. The molecule has 1 aliphatic rings. The zero-order valence-corrected chi connectivity index (χ0v) is 11.0. The Morgan fingerprint density at radius 1 is 1.35 bits per heavy atom. The second kappa shape index (κ2) is 6.17. The number of halogens is 2. The second-order valence-corrected chi connectivity index (χ2v) is 4.91. The van der Waals surface area contributed by atoms with Crippen molar-refractivity contribution in [2.75, 3.05) is 26.2 Å². The fourth-order valence-electron chi connectivity index (χ4n) is 2.17. The molecule has 0 radical (unpaired) electrons. The zero-order chi connectivity index (χ0) is 14.6. The maximum absolute atomic E-state index is 13.0. The fraction of sp³-hybridized carbons (Fsp3) is 0.500. The summed E-state index contributed by atoms with van der Waals surface area (Å²) in [5.74, 6) is -2.94. The van der Waals surface area contributed by atoms with E-state index < -0.39 is 11.9 Å². The normalized spacial score (nSPS) is 18.1. The molecule has 6 heteroatoms. The molecule has 0 atom stereocenters. The molecule has 1 aliphatic heterocycles. The number of carbonyl (C=O) groups is 1. The number of likely N-dealkylation sites (tertiary alicyclic amines) is 1. The summed E-state index contributed by atoms with van der Waals surface area (Å²) < 4.78 is 31.3. The number of hydrogen-bond donors (Lipinski definition) is 1. The van der Waals surface area contributed by atoms with Gasteiger partial charge in [-0.15, -0.1) is 0 Å². The van der Waals surface area contributed by atoms with Crippen molar-refractivity contribution in [3.63, 3.8) is 0 Å². The monoisotopic (exact) mass is 285 g/mol. The number of hydrogen-bond acceptors (Lipinski definition) is 3. The minimum Gasteiger partial charge on any atom is -0.494 e. The van der Waals surface area contributed by atoms with Gasteiger partial charge in [0.25, 0.3) is 5.92 Å². The maximum atomic E-state index is 13.0. The van der Waals surface area contributed by atoms with E-state index in [0.29, 0.717) is 31.9 Å². The van der Waals surface area contributed by atoms with Crippen molar-refractivity contribution in [2.45, 2.75) is 18.8 Å². The van der Waals surface area contributed by atoms with Gasteiger partial charge in [0.2, 0.25) is 0 Å². The number of benzene rings is 1. The quantitative estimate of drug-likeness (QED) is 0.816. The van der Waals surface area contributed by atoms with E-state index in [1.807, 2.05) is 0 Å². The third-order valence-electron chi connectivity index (χ3n) is 3.24. The van der Waals surface area contributed by atoms with Crippen molar-refractivity contribution in [1.82, 2.24) is 4.90 Å². The summed E-state index contributed by atoms with van der Waals surface area (Å²) in [6.45, 7) is 1.28.